The third-order valence-electron chi connectivity index (χ3n) is 6.35. The van der Waals surface area contributed by atoms with E-state index in [1.165, 1.54) is 12.8 Å². The lowest BCUT2D eigenvalue weighted by atomic mass is 9.95. The summed E-state index contributed by atoms with van der Waals surface area (Å²) in [5.41, 5.74) is 0.698. The van der Waals surface area contributed by atoms with Crippen molar-refractivity contribution in [2.24, 2.45) is 5.92 Å². The molecule has 1 N–H and O–H groups in total. The Balaban J connectivity index is 1.27. The molecule has 0 spiro atoms. The predicted octanol–water partition coefficient (Wildman–Crippen LogP) is 4.27. The van der Waals surface area contributed by atoms with Crippen LogP contribution in [-0.2, 0) is 9.59 Å². The van der Waals surface area contributed by atoms with Crippen LogP contribution in [0, 0.1) is 5.92 Å². The van der Waals surface area contributed by atoms with Crippen molar-refractivity contribution in [1.82, 2.24) is 4.90 Å². The fourth-order valence-electron chi connectivity index (χ4n) is 4.42. The number of rotatable bonds is 8. The summed E-state index contributed by atoms with van der Waals surface area (Å²) in [6.07, 6.45) is 5.93. The Morgan fingerprint density at radius 3 is 2.39 bits per heavy atom. The average Bonchev–Trinajstić information content (AvgIpc) is 3.36. The van der Waals surface area contributed by atoms with Crippen molar-refractivity contribution < 1.29 is 23.8 Å². The number of ether oxygens (including phenoxy) is 3. The molecule has 0 aromatic heterocycles. The summed E-state index contributed by atoms with van der Waals surface area (Å²) in [6, 6.07) is 14.8. The monoisotopic (exact) mass is 452 g/mol. The lowest BCUT2D eigenvalue weighted by molar-refractivity contribution is -0.136. The number of carbonyl (C=O) groups excluding carboxylic acids is 2. The Labute approximate surface area is 195 Å². The van der Waals surface area contributed by atoms with Gasteiger partial charge in [0.15, 0.2) is 18.1 Å². The van der Waals surface area contributed by atoms with Crippen molar-refractivity contribution in [3.05, 3.63) is 48.5 Å². The van der Waals surface area contributed by atoms with E-state index >= 15 is 0 Å². The first-order valence-electron chi connectivity index (χ1n) is 11.7. The maximum Gasteiger partial charge on any atom is 0.260 e. The Kier molecular flexibility index (Phi) is 7.70. The Morgan fingerprint density at radius 1 is 0.970 bits per heavy atom. The van der Waals surface area contributed by atoms with Gasteiger partial charge in [0.1, 0.15) is 5.75 Å². The van der Waals surface area contributed by atoms with Crippen molar-refractivity contribution in [3.63, 3.8) is 0 Å². The fraction of sp³-hybridized carbons (Fsp3) is 0.462. The van der Waals surface area contributed by atoms with Gasteiger partial charge < -0.3 is 24.4 Å². The molecule has 0 unspecified atom stereocenters. The summed E-state index contributed by atoms with van der Waals surface area (Å²) < 4.78 is 17.1. The molecule has 2 amide bonds. The van der Waals surface area contributed by atoms with Gasteiger partial charge in [-0.1, -0.05) is 18.2 Å². The zero-order valence-corrected chi connectivity index (χ0v) is 19.1. The van der Waals surface area contributed by atoms with E-state index in [1.807, 2.05) is 48.5 Å². The van der Waals surface area contributed by atoms with Crippen molar-refractivity contribution in [2.75, 3.05) is 32.1 Å². The number of benzene rings is 2. The fourth-order valence-corrected chi connectivity index (χ4v) is 4.42. The van der Waals surface area contributed by atoms with Gasteiger partial charge in [-0.2, -0.15) is 0 Å². The molecule has 1 heterocycles. The van der Waals surface area contributed by atoms with Crippen molar-refractivity contribution in [3.8, 4) is 17.2 Å². The number of hydrogen-bond donors (Lipinski definition) is 1. The molecule has 1 saturated heterocycles. The number of carbonyl (C=O) groups is 2. The minimum Gasteiger partial charge on any atom is -0.493 e. The molecular weight excluding hydrogens is 420 g/mol. The van der Waals surface area contributed by atoms with Crippen LogP contribution >= 0.6 is 0 Å². The van der Waals surface area contributed by atoms with Crippen LogP contribution in [0.15, 0.2) is 48.5 Å². The zero-order chi connectivity index (χ0) is 23.0. The Hall–Kier alpha value is -3.22. The van der Waals surface area contributed by atoms with E-state index in [-0.39, 0.29) is 30.4 Å². The summed E-state index contributed by atoms with van der Waals surface area (Å²) >= 11 is 0. The van der Waals surface area contributed by atoms with Crippen LogP contribution in [0.25, 0.3) is 0 Å². The second-order valence-electron chi connectivity index (χ2n) is 8.64. The van der Waals surface area contributed by atoms with Crippen LogP contribution in [0.2, 0.25) is 0 Å². The van der Waals surface area contributed by atoms with Crippen LogP contribution in [-0.4, -0.2) is 49.6 Å². The van der Waals surface area contributed by atoms with Gasteiger partial charge in [0.2, 0.25) is 5.91 Å². The predicted molar refractivity (Wildman–Crippen MR) is 126 cm³/mol. The molecule has 4 rings (SSSR count). The number of hydrogen-bond acceptors (Lipinski definition) is 5. The third-order valence-corrected chi connectivity index (χ3v) is 6.35. The SMILES string of the molecule is COc1ccc(NC(=O)C2CCN(C(=O)COc3ccccc3)CC2)cc1OC1CCCC1. The molecule has 1 saturated carbocycles. The molecule has 0 atom stereocenters. The number of nitrogens with one attached hydrogen (secondary N) is 1. The van der Waals surface area contributed by atoms with Gasteiger partial charge in [0, 0.05) is 30.8 Å². The number of anilines is 1. The number of piperidine rings is 1. The summed E-state index contributed by atoms with van der Waals surface area (Å²) in [4.78, 5) is 27.1. The second-order valence-corrected chi connectivity index (χ2v) is 8.64. The minimum absolute atomic E-state index is 0.0104. The third kappa shape index (κ3) is 6.18. The van der Waals surface area contributed by atoms with E-state index in [0.29, 0.717) is 48.9 Å². The molecule has 2 aliphatic rings. The van der Waals surface area contributed by atoms with Crippen molar-refractivity contribution in [2.45, 2.75) is 44.6 Å². The van der Waals surface area contributed by atoms with Gasteiger partial charge in [-0.15, -0.1) is 0 Å². The summed E-state index contributed by atoms with van der Waals surface area (Å²) in [5.74, 6) is 1.80. The summed E-state index contributed by atoms with van der Waals surface area (Å²) in [5, 5.41) is 3.02. The largest absolute Gasteiger partial charge is 0.493 e. The highest BCUT2D eigenvalue weighted by Gasteiger charge is 2.28. The molecule has 2 fully saturated rings. The summed E-state index contributed by atoms with van der Waals surface area (Å²) in [7, 11) is 1.62. The van der Waals surface area contributed by atoms with E-state index in [1.54, 1.807) is 12.0 Å². The molecule has 7 heteroatoms. The van der Waals surface area contributed by atoms with Gasteiger partial charge in [0.05, 0.1) is 13.2 Å². The molecule has 0 bridgehead atoms. The first-order valence-corrected chi connectivity index (χ1v) is 11.7. The van der Waals surface area contributed by atoms with E-state index in [4.69, 9.17) is 14.2 Å². The highest BCUT2D eigenvalue weighted by molar-refractivity contribution is 5.93. The maximum atomic E-state index is 12.9. The second kappa shape index (κ2) is 11.1. The minimum atomic E-state index is -0.134. The van der Waals surface area contributed by atoms with Gasteiger partial charge in [-0.3, -0.25) is 9.59 Å². The number of nitrogens with zero attached hydrogens (tertiary/aromatic N) is 1. The zero-order valence-electron chi connectivity index (χ0n) is 19.1. The van der Waals surface area contributed by atoms with Crippen LogP contribution in [0.5, 0.6) is 17.2 Å². The Bertz CT molecular complexity index is 935. The molecule has 7 nitrogen and oxygen atoms in total. The molecule has 176 valence electrons. The van der Waals surface area contributed by atoms with Gasteiger partial charge in [-0.25, -0.2) is 0 Å². The van der Waals surface area contributed by atoms with Gasteiger partial charge in [-0.05, 0) is 62.8 Å². The van der Waals surface area contributed by atoms with Crippen LogP contribution in [0.3, 0.4) is 0 Å². The topological polar surface area (TPSA) is 77.1 Å². The van der Waals surface area contributed by atoms with Crippen molar-refractivity contribution in [1.29, 1.82) is 0 Å². The highest BCUT2D eigenvalue weighted by atomic mass is 16.5. The standard InChI is InChI=1S/C26H32N2O5/c1-31-23-12-11-20(17-24(23)33-22-9-5-6-10-22)27-26(30)19-13-15-28(16-14-19)25(29)18-32-21-7-3-2-4-8-21/h2-4,7-8,11-12,17,19,22H,5-6,9-10,13-16,18H2,1H3,(H,27,30). The molecule has 33 heavy (non-hydrogen) atoms. The molecular formula is C26H32N2O5. The number of amides is 2. The number of methoxy groups -OCH3 is 1. The smallest absolute Gasteiger partial charge is 0.260 e. The number of likely N-dealkylation sites (tertiary alicyclic amines) is 1. The molecule has 1 aliphatic carbocycles. The lowest BCUT2D eigenvalue weighted by Gasteiger charge is -2.31. The highest BCUT2D eigenvalue weighted by Crippen LogP contribution is 2.34. The number of para-hydroxylation sites is 1. The molecule has 0 radical (unpaired) electrons. The van der Waals surface area contributed by atoms with Crippen LogP contribution in [0.4, 0.5) is 5.69 Å². The van der Waals surface area contributed by atoms with E-state index in [0.717, 1.165) is 12.8 Å². The lowest BCUT2D eigenvalue weighted by Crippen LogP contribution is -2.43. The summed E-state index contributed by atoms with van der Waals surface area (Å²) in [6.45, 7) is 1.11. The van der Waals surface area contributed by atoms with Gasteiger partial charge >= 0.3 is 0 Å². The molecule has 1 aliphatic heterocycles. The Morgan fingerprint density at radius 2 is 1.70 bits per heavy atom. The van der Waals surface area contributed by atoms with Crippen LogP contribution < -0.4 is 19.5 Å². The van der Waals surface area contributed by atoms with Crippen LogP contribution in [0.1, 0.15) is 38.5 Å². The quantitative estimate of drug-likeness (QED) is 0.647. The molecule has 2 aromatic rings. The normalized spacial score (nSPS) is 16.9. The molecule has 2 aromatic carbocycles. The first kappa shape index (κ1) is 23.0. The van der Waals surface area contributed by atoms with E-state index in [9.17, 15) is 9.59 Å². The van der Waals surface area contributed by atoms with Crippen molar-refractivity contribution >= 4 is 17.5 Å². The van der Waals surface area contributed by atoms with E-state index < -0.39 is 0 Å². The average molecular weight is 453 g/mol. The van der Waals surface area contributed by atoms with Gasteiger partial charge in [0.25, 0.3) is 5.91 Å². The first-order chi connectivity index (χ1) is 16.1. The maximum absolute atomic E-state index is 12.9. The van der Waals surface area contributed by atoms with E-state index in [2.05, 4.69) is 5.32 Å².